The van der Waals surface area contributed by atoms with Gasteiger partial charge in [-0.1, -0.05) is 294 Å². The maximum absolute atomic E-state index is 12.9. The van der Waals surface area contributed by atoms with Gasteiger partial charge < -0.3 is 14.2 Å². The van der Waals surface area contributed by atoms with Gasteiger partial charge in [0.25, 0.3) is 0 Å². The Morgan fingerprint density at radius 2 is 0.500 bits per heavy atom. The van der Waals surface area contributed by atoms with Crippen LogP contribution in [0.2, 0.25) is 0 Å². The Morgan fingerprint density at radius 3 is 0.816 bits per heavy atom. The minimum atomic E-state index is -0.777. The lowest BCUT2D eigenvalue weighted by atomic mass is 10.0. The maximum Gasteiger partial charge on any atom is 0.306 e. The molecule has 0 saturated carbocycles. The Kier molecular flexibility index (Phi) is 62.6. The van der Waals surface area contributed by atoms with Crippen LogP contribution in [0.1, 0.15) is 361 Å². The molecule has 6 heteroatoms. The number of carbonyl (C=O) groups is 3. The van der Waals surface area contributed by atoms with E-state index in [-0.39, 0.29) is 31.1 Å². The summed E-state index contributed by atoms with van der Waals surface area (Å²) >= 11 is 0. The van der Waals surface area contributed by atoms with E-state index < -0.39 is 6.10 Å². The van der Waals surface area contributed by atoms with Gasteiger partial charge in [-0.3, -0.25) is 14.4 Å². The number of carbonyl (C=O) groups excluding carboxylic acids is 3. The second-order valence-corrected chi connectivity index (χ2v) is 22.7. The fraction of sp³-hybridized carbons (Fsp3) is 0.843. The first-order chi connectivity index (χ1) is 37.5. The Balaban J connectivity index is 4.13. The van der Waals surface area contributed by atoms with Crippen molar-refractivity contribution in [3.05, 3.63) is 48.6 Å². The Bertz CT molecular complexity index is 1310. The predicted molar refractivity (Wildman–Crippen MR) is 330 cm³/mol. The van der Waals surface area contributed by atoms with Gasteiger partial charge in [-0.2, -0.15) is 0 Å². The second kappa shape index (κ2) is 64.9. The van der Waals surface area contributed by atoms with Crippen molar-refractivity contribution in [1.29, 1.82) is 0 Å². The fourth-order valence-electron chi connectivity index (χ4n) is 9.94. The van der Waals surface area contributed by atoms with Gasteiger partial charge in [0, 0.05) is 19.3 Å². The minimum absolute atomic E-state index is 0.0743. The van der Waals surface area contributed by atoms with E-state index in [2.05, 4.69) is 69.4 Å². The standard InChI is InChI=1S/C70H128O6/c1-4-7-10-13-16-19-22-24-26-28-30-31-32-33-34-35-36-37-38-39-41-42-44-46-48-51-54-57-60-63-69(72)75-66-67(65-74-68(71)62-59-56-53-50-21-18-15-12-9-6-3)76-70(73)64-61-58-55-52-49-47-45-43-40-29-27-25-23-20-17-14-11-8-5-2/h12,15,17,20,25,27-28,30,67H,4-11,13-14,16,18-19,21-24,26,29,31-66H2,1-3H3/b15-12-,20-17-,27-25-,30-28-. The minimum Gasteiger partial charge on any atom is -0.462 e. The summed E-state index contributed by atoms with van der Waals surface area (Å²) in [4.78, 5) is 38.2. The molecule has 0 radical (unpaired) electrons. The first-order valence-electron chi connectivity index (χ1n) is 33.6. The van der Waals surface area contributed by atoms with Gasteiger partial charge >= 0.3 is 17.9 Å². The smallest absolute Gasteiger partial charge is 0.306 e. The lowest BCUT2D eigenvalue weighted by Gasteiger charge is -2.18. The van der Waals surface area contributed by atoms with Crippen LogP contribution in [0.15, 0.2) is 48.6 Å². The summed E-state index contributed by atoms with van der Waals surface area (Å²) in [5.41, 5.74) is 0. The number of allylic oxidation sites excluding steroid dienone is 8. The van der Waals surface area contributed by atoms with Gasteiger partial charge in [-0.05, 0) is 96.3 Å². The number of hydrogen-bond donors (Lipinski definition) is 0. The summed E-state index contributed by atoms with van der Waals surface area (Å²) in [6.45, 7) is 6.59. The number of rotatable bonds is 62. The fourth-order valence-corrected chi connectivity index (χ4v) is 9.94. The van der Waals surface area contributed by atoms with Crippen LogP contribution in [-0.4, -0.2) is 37.2 Å². The van der Waals surface area contributed by atoms with E-state index in [4.69, 9.17) is 14.2 Å². The summed E-state index contributed by atoms with van der Waals surface area (Å²) in [6.07, 6.45) is 81.5. The average molecular weight is 1070 g/mol. The Labute approximate surface area is 473 Å². The van der Waals surface area contributed by atoms with Crippen LogP contribution in [0, 0.1) is 0 Å². The summed E-state index contributed by atoms with van der Waals surface area (Å²) in [5.74, 6) is -0.870. The number of unbranched alkanes of at least 4 members (excludes halogenated alkanes) is 43. The molecule has 1 unspecified atom stereocenters. The Morgan fingerprint density at radius 1 is 0.263 bits per heavy atom. The van der Waals surface area contributed by atoms with Crippen molar-refractivity contribution in [2.75, 3.05) is 13.2 Å². The van der Waals surface area contributed by atoms with Crippen LogP contribution >= 0.6 is 0 Å². The van der Waals surface area contributed by atoms with Gasteiger partial charge in [0.2, 0.25) is 0 Å². The summed E-state index contributed by atoms with van der Waals surface area (Å²) in [5, 5.41) is 0. The van der Waals surface area contributed by atoms with Crippen molar-refractivity contribution in [2.24, 2.45) is 0 Å². The van der Waals surface area contributed by atoms with E-state index in [9.17, 15) is 14.4 Å². The molecule has 1 atom stereocenters. The van der Waals surface area contributed by atoms with Crippen molar-refractivity contribution in [3.8, 4) is 0 Å². The largest absolute Gasteiger partial charge is 0.462 e. The first-order valence-corrected chi connectivity index (χ1v) is 33.6. The molecule has 0 amide bonds. The summed E-state index contributed by atoms with van der Waals surface area (Å²) < 4.78 is 16.9. The van der Waals surface area contributed by atoms with E-state index in [1.807, 2.05) is 0 Å². The van der Waals surface area contributed by atoms with Crippen LogP contribution in [-0.2, 0) is 28.6 Å². The molecule has 6 nitrogen and oxygen atoms in total. The van der Waals surface area contributed by atoms with E-state index in [0.717, 1.165) is 77.0 Å². The molecular formula is C70H128O6. The normalized spacial score (nSPS) is 12.3. The van der Waals surface area contributed by atoms with Gasteiger partial charge in [0.05, 0.1) is 0 Å². The van der Waals surface area contributed by atoms with E-state index >= 15 is 0 Å². The van der Waals surface area contributed by atoms with Crippen molar-refractivity contribution in [3.63, 3.8) is 0 Å². The zero-order valence-electron chi connectivity index (χ0n) is 51.0. The molecule has 0 bridgehead atoms. The topological polar surface area (TPSA) is 78.9 Å². The predicted octanol–water partition coefficient (Wildman–Crippen LogP) is 22.9. The van der Waals surface area contributed by atoms with Crippen molar-refractivity contribution in [2.45, 2.75) is 367 Å². The third-order valence-electron chi connectivity index (χ3n) is 15.0. The summed E-state index contributed by atoms with van der Waals surface area (Å²) in [6, 6.07) is 0. The highest BCUT2D eigenvalue weighted by Crippen LogP contribution is 2.18. The summed E-state index contributed by atoms with van der Waals surface area (Å²) in [7, 11) is 0. The molecule has 0 heterocycles. The van der Waals surface area contributed by atoms with E-state index in [1.54, 1.807) is 0 Å². The molecule has 0 N–H and O–H groups in total. The first kappa shape index (κ1) is 73.4. The molecule has 0 rings (SSSR count). The third kappa shape index (κ3) is 62.2. The van der Waals surface area contributed by atoms with Crippen LogP contribution < -0.4 is 0 Å². The molecule has 0 aliphatic carbocycles. The molecule has 0 aromatic carbocycles. The zero-order valence-corrected chi connectivity index (χ0v) is 51.0. The van der Waals surface area contributed by atoms with Crippen molar-refractivity contribution in [1.82, 2.24) is 0 Å². The third-order valence-corrected chi connectivity index (χ3v) is 15.0. The molecule has 76 heavy (non-hydrogen) atoms. The molecule has 0 saturated heterocycles. The second-order valence-electron chi connectivity index (χ2n) is 22.7. The number of esters is 3. The van der Waals surface area contributed by atoms with Gasteiger partial charge in [-0.25, -0.2) is 0 Å². The quantitative estimate of drug-likeness (QED) is 0.0261. The van der Waals surface area contributed by atoms with Crippen LogP contribution in [0.4, 0.5) is 0 Å². The highest BCUT2D eigenvalue weighted by atomic mass is 16.6. The monoisotopic (exact) mass is 1060 g/mol. The number of hydrogen-bond acceptors (Lipinski definition) is 6. The highest BCUT2D eigenvalue weighted by Gasteiger charge is 2.19. The van der Waals surface area contributed by atoms with Crippen LogP contribution in [0.25, 0.3) is 0 Å². The molecule has 0 fully saturated rings. The molecule has 0 aliphatic heterocycles. The number of ether oxygens (including phenoxy) is 3. The molecular weight excluding hydrogens is 937 g/mol. The van der Waals surface area contributed by atoms with Crippen molar-refractivity contribution < 1.29 is 28.6 Å². The molecule has 0 aliphatic rings. The lowest BCUT2D eigenvalue weighted by Crippen LogP contribution is -2.30. The molecule has 0 aromatic rings. The zero-order chi connectivity index (χ0) is 55.0. The van der Waals surface area contributed by atoms with E-state index in [0.29, 0.717) is 19.3 Å². The molecule has 0 spiro atoms. The molecule has 0 aromatic heterocycles. The average Bonchev–Trinajstić information content (AvgIpc) is 3.42. The maximum atomic E-state index is 12.9. The Hall–Kier alpha value is -2.63. The van der Waals surface area contributed by atoms with Crippen LogP contribution in [0.3, 0.4) is 0 Å². The van der Waals surface area contributed by atoms with Gasteiger partial charge in [0.1, 0.15) is 13.2 Å². The van der Waals surface area contributed by atoms with Crippen molar-refractivity contribution >= 4 is 17.9 Å². The van der Waals surface area contributed by atoms with Gasteiger partial charge in [-0.15, -0.1) is 0 Å². The van der Waals surface area contributed by atoms with E-state index in [1.165, 1.54) is 244 Å². The SMILES string of the molecule is CCC/C=C\CCCCCCCC(=O)OCC(COC(=O)CCCCCCCCCCCCCCCCCCC/C=C\CCCCCCCCCC)OC(=O)CCCCCCCCCCC/C=C\C/C=C\CCCCC. The van der Waals surface area contributed by atoms with Gasteiger partial charge in [0.15, 0.2) is 6.10 Å². The highest BCUT2D eigenvalue weighted by molar-refractivity contribution is 5.71. The molecule has 444 valence electrons. The van der Waals surface area contributed by atoms with Crippen LogP contribution in [0.5, 0.6) is 0 Å². The lowest BCUT2D eigenvalue weighted by molar-refractivity contribution is -0.167.